The van der Waals surface area contributed by atoms with Gasteiger partial charge in [-0.1, -0.05) is 13.8 Å². The summed E-state index contributed by atoms with van der Waals surface area (Å²) in [7, 11) is 0. The number of pyridine rings is 1. The third kappa shape index (κ3) is 3.70. The zero-order chi connectivity index (χ0) is 12.1. The second-order valence-corrected chi connectivity index (χ2v) is 4.54. The topological polar surface area (TPSA) is 71.2 Å². The van der Waals surface area contributed by atoms with E-state index < -0.39 is 0 Å². The molecule has 0 aliphatic carbocycles. The molecule has 0 aromatic carbocycles. The second-order valence-electron chi connectivity index (χ2n) is 4.54. The Hall–Kier alpha value is -1.29. The van der Waals surface area contributed by atoms with Gasteiger partial charge >= 0.3 is 0 Å². The van der Waals surface area contributed by atoms with Crippen molar-refractivity contribution in [2.75, 3.05) is 17.7 Å². The Bertz CT molecular complexity index is 339. The molecule has 0 aliphatic heterocycles. The minimum Gasteiger partial charge on any atom is -0.396 e. The number of aliphatic hydroxyl groups excluding tert-OH is 1. The quantitative estimate of drug-likeness (QED) is 0.711. The number of nitrogens with zero attached hydrogens (tertiary/aromatic N) is 1. The third-order valence-corrected chi connectivity index (χ3v) is 2.38. The van der Waals surface area contributed by atoms with E-state index in [4.69, 9.17) is 5.73 Å². The molecule has 16 heavy (non-hydrogen) atoms. The summed E-state index contributed by atoms with van der Waals surface area (Å²) in [6.45, 7) is 6.25. The maximum absolute atomic E-state index is 9.27. The Morgan fingerprint density at radius 1 is 1.44 bits per heavy atom. The zero-order valence-electron chi connectivity index (χ0n) is 10.2. The Kier molecular flexibility index (Phi) is 4.55. The molecule has 1 heterocycles. The molecule has 0 spiro atoms. The second kappa shape index (κ2) is 5.70. The Morgan fingerprint density at radius 3 is 2.69 bits per heavy atom. The fraction of sp³-hybridized carbons (Fsp3) is 0.583. The summed E-state index contributed by atoms with van der Waals surface area (Å²) in [6.07, 6.45) is 0.894. The number of nitrogen functional groups attached to an aromatic ring is 1. The highest BCUT2D eigenvalue weighted by Crippen LogP contribution is 2.18. The molecule has 0 saturated carbocycles. The van der Waals surface area contributed by atoms with Crippen LogP contribution in [-0.4, -0.2) is 22.7 Å². The van der Waals surface area contributed by atoms with Crippen molar-refractivity contribution in [3.05, 3.63) is 17.8 Å². The fourth-order valence-corrected chi connectivity index (χ4v) is 1.62. The van der Waals surface area contributed by atoms with Crippen LogP contribution in [0.25, 0.3) is 0 Å². The maximum Gasteiger partial charge on any atom is 0.149 e. The number of rotatable bonds is 5. The van der Waals surface area contributed by atoms with E-state index in [1.807, 2.05) is 19.1 Å². The van der Waals surface area contributed by atoms with Crippen molar-refractivity contribution in [2.45, 2.75) is 33.2 Å². The number of aryl methyl sites for hydroxylation is 1. The molecule has 1 aromatic rings. The zero-order valence-corrected chi connectivity index (χ0v) is 10.2. The number of hydrogen-bond donors (Lipinski definition) is 3. The molecule has 1 aromatic heterocycles. The van der Waals surface area contributed by atoms with Crippen LogP contribution in [-0.2, 0) is 0 Å². The van der Waals surface area contributed by atoms with Crippen LogP contribution in [0.15, 0.2) is 12.1 Å². The molecule has 0 amide bonds. The van der Waals surface area contributed by atoms with Crippen LogP contribution in [0.4, 0.5) is 11.5 Å². The Balaban J connectivity index is 2.73. The van der Waals surface area contributed by atoms with Crippen LogP contribution < -0.4 is 11.1 Å². The summed E-state index contributed by atoms with van der Waals surface area (Å²) in [5.74, 6) is 1.19. The summed E-state index contributed by atoms with van der Waals surface area (Å²) in [6, 6.07) is 3.71. The van der Waals surface area contributed by atoms with Gasteiger partial charge in [0.2, 0.25) is 0 Å². The van der Waals surface area contributed by atoms with Gasteiger partial charge in [0.05, 0.1) is 18.3 Å². The lowest BCUT2D eigenvalue weighted by Gasteiger charge is -2.20. The van der Waals surface area contributed by atoms with Crippen molar-refractivity contribution in [3.63, 3.8) is 0 Å². The van der Waals surface area contributed by atoms with Gasteiger partial charge < -0.3 is 16.2 Å². The smallest absolute Gasteiger partial charge is 0.149 e. The Morgan fingerprint density at radius 2 is 2.12 bits per heavy atom. The van der Waals surface area contributed by atoms with Crippen LogP contribution in [0.1, 0.15) is 26.0 Å². The van der Waals surface area contributed by atoms with E-state index in [-0.39, 0.29) is 12.6 Å². The minimum atomic E-state index is 0.0107. The van der Waals surface area contributed by atoms with Crippen molar-refractivity contribution in [2.24, 2.45) is 5.92 Å². The number of anilines is 2. The lowest BCUT2D eigenvalue weighted by atomic mass is 10.0. The van der Waals surface area contributed by atoms with E-state index in [0.29, 0.717) is 17.4 Å². The van der Waals surface area contributed by atoms with Crippen LogP contribution in [0.5, 0.6) is 0 Å². The van der Waals surface area contributed by atoms with E-state index in [1.165, 1.54) is 0 Å². The van der Waals surface area contributed by atoms with Crippen LogP contribution >= 0.6 is 0 Å². The standard InChI is InChI=1S/C12H21N3O/c1-8(2)6-10(7-16)15-12-11(13)5-4-9(3)14-12/h4-5,8,10,16H,6-7,13H2,1-3H3,(H,14,15). The molecule has 1 rings (SSSR count). The largest absolute Gasteiger partial charge is 0.396 e. The first-order chi connectivity index (χ1) is 7.52. The molecule has 0 aliphatic rings. The van der Waals surface area contributed by atoms with Gasteiger partial charge in [-0.25, -0.2) is 4.98 Å². The van der Waals surface area contributed by atoms with Gasteiger partial charge in [-0.05, 0) is 31.4 Å². The van der Waals surface area contributed by atoms with Crippen molar-refractivity contribution in [1.82, 2.24) is 4.98 Å². The highest BCUT2D eigenvalue weighted by Gasteiger charge is 2.11. The van der Waals surface area contributed by atoms with Crippen molar-refractivity contribution in [3.8, 4) is 0 Å². The van der Waals surface area contributed by atoms with E-state index in [0.717, 1.165) is 12.1 Å². The van der Waals surface area contributed by atoms with E-state index in [1.54, 1.807) is 0 Å². The highest BCUT2D eigenvalue weighted by molar-refractivity contribution is 5.61. The molecule has 4 nitrogen and oxygen atoms in total. The van der Waals surface area contributed by atoms with Gasteiger partial charge in [-0.2, -0.15) is 0 Å². The first kappa shape index (κ1) is 12.8. The van der Waals surface area contributed by atoms with Gasteiger partial charge in [0.15, 0.2) is 0 Å². The van der Waals surface area contributed by atoms with Crippen molar-refractivity contribution >= 4 is 11.5 Å². The lowest BCUT2D eigenvalue weighted by Crippen LogP contribution is -2.26. The number of nitrogens with two attached hydrogens (primary N) is 1. The number of aromatic nitrogens is 1. The van der Waals surface area contributed by atoms with Crippen molar-refractivity contribution in [1.29, 1.82) is 0 Å². The van der Waals surface area contributed by atoms with E-state index in [9.17, 15) is 5.11 Å². The van der Waals surface area contributed by atoms with Crippen LogP contribution in [0, 0.1) is 12.8 Å². The van der Waals surface area contributed by atoms with Crippen LogP contribution in [0.2, 0.25) is 0 Å². The molecule has 1 atom stereocenters. The summed E-state index contributed by atoms with van der Waals surface area (Å²) >= 11 is 0. The monoisotopic (exact) mass is 223 g/mol. The van der Waals surface area contributed by atoms with Gasteiger partial charge in [-0.15, -0.1) is 0 Å². The molecule has 0 bridgehead atoms. The molecule has 1 unspecified atom stereocenters. The highest BCUT2D eigenvalue weighted by atomic mass is 16.3. The predicted molar refractivity (Wildman–Crippen MR) is 67.3 cm³/mol. The summed E-state index contributed by atoms with van der Waals surface area (Å²) in [5, 5.41) is 12.4. The van der Waals surface area contributed by atoms with Gasteiger partial charge in [0, 0.05) is 5.69 Å². The molecule has 0 radical (unpaired) electrons. The van der Waals surface area contributed by atoms with Gasteiger partial charge in [0.25, 0.3) is 0 Å². The molecule has 4 N–H and O–H groups in total. The third-order valence-electron chi connectivity index (χ3n) is 2.38. The number of aliphatic hydroxyl groups is 1. The number of hydrogen-bond acceptors (Lipinski definition) is 4. The average Bonchev–Trinajstić information content (AvgIpc) is 2.21. The molecule has 4 heteroatoms. The average molecular weight is 223 g/mol. The molecular formula is C12H21N3O. The normalized spacial score (nSPS) is 12.8. The lowest BCUT2D eigenvalue weighted by molar-refractivity contribution is 0.259. The summed E-state index contributed by atoms with van der Waals surface area (Å²) in [5.41, 5.74) is 7.35. The van der Waals surface area contributed by atoms with E-state index in [2.05, 4.69) is 24.1 Å². The van der Waals surface area contributed by atoms with Crippen molar-refractivity contribution < 1.29 is 5.11 Å². The molecular weight excluding hydrogens is 202 g/mol. The summed E-state index contributed by atoms with van der Waals surface area (Å²) in [4.78, 5) is 4.32. The summed E-state index contributed by atoms with van der Waals surface area (Å²) < 4.78 is 0. The van der Waals surface area contributed by atoms with Gasteiger partial charge in [-0.3, -0.25) is 0 Å². The molecule has 0 saturated heterocycles. The molecule has 90 valence electrons. The number of nitrogens with one attached hydrogen (secondary N) is 1. The van der Waals surface area contributed by atoms with Crippen LogP contribution in [0.3, 0.4) is 0 Å². The van der Waals surface area contributed by atoms with Gasteiger partial charge in [0.1, 0.15) is 5.82 Å². The minimum absolute atomic E-state index is 0.0107. The molecule has 0 fully saturated rings. The first-order valence-electron chi connectivity index (χ1n) is 5.63. The maximum atomic E-state index is 9.27. The SMILES string of the molecule is Cc1ccc(N)c(NC(CO)CC(C)C)n1. The first-order valence-corrected chi connectivity index (χ1v) is 5.63. The fourth-order valence-electron chi connectivity index (χ4n) is 1.62. The predicted octanol–water partition coefficient (Wildman–Crippen LogP) is 1.79. The Labute approximate surface area is 96.9 Å². The van der Waals surface area contributed by atoms with E-state index >= 15 is 0 Å².